The maximum Gasteiger partial charge on any atom is 0.147 e. The van der Waals surface area contributed by atoms with Gasteiger partial charge in [-0.25, -0.2) is 0 Å². The van der Waals surface area contributed by atoms with Crippen molar-refractivity contribution in [3.05, 3.63) is 35.9 Å². The van der Waals surface area contributed by atoms with E-state index in [1.54, 1.807) is 0 Å². The van der Waals surface area contributed by atoms with E-state index in [-0.39, 0.29) is 41.0 Å². The summed E-state index contributed by atoms with van der Waals surface area (Å²) in [4.78, 5) is 13.3. The quantitative estimate of drug-likeness (QED) is 0.449. The summed E-state index contributed by atoms with van der Waals surface area (Å²) < 4.78 is 12.5. The molecule has 0 aliphatic heterocycles. The summed E-state index contributed by atoms with van der Waals surface area (Å²) in [5, 5.41) is 11.7. The Bertz CT molecular complexity index is 809. The van der Waals surface area contributed by atoms with Crippen molar-refractivity contribution in [3.63, 3.8) is 0 Å². The van der Waals surface area contributed by atoms with Crippen molar-refractivity contribution >= 4 is 5.78 Å². The highest BCUT2D eigenvalue weighted by molar-refractivity contribution is 5.85. The predicted octanol–water partition coefficient (Wildman–Crippen LogP) is 5.76. The van der Waals surface area contributed by atoms with Crippen molar-refractivity contribution < 1.29 is 19.4 Å². The van der Waals surface area contributed by atoms with Gasteiger partial charge in [0.25, 0.3) is 0 Å². The van der Waals surface area contributed by atoms with Crippen LogP contribution in [0.25, 0.3) is 0 Å². The Kier molecular flexibility index (Phi) is 6.61. The van der Waals surface area contributed by atoms with E-state index in [1.807, 2.05) is 18.2 Å². The minimum Gasteiger partial charge on any atom is -0.393 e. The van der Waals surface area contributed by atoms with Crippen molar-refractivity contribution in [1.82, 2.24) is 0 Å². The molecule has 0 heterocycles. The summed E-state index contributed by atoms with van der Waals surface area (Å²) in [6.07, 6.45) is 4.73. The normalized spacial score (nSPS) is 44.1. The Morgan fingerprint density at radius 1 is 1.12 bits per heavy atom. The lowest BCUT2D eigenvalue weighted by atomic mass is 9.43. The summed E-state index contributed by atoms with van der Waals surface area (Å²) in [7, 11) is 0. The molecule has 3 aliphatic rings. The zero-order valence-corrected chi connectivity index (χ0v) is 20.6. The van der Waals surface area contributed by atoms with Crippen LogP contribution in [0.4, 0.5) is 0 Å². The number of aliphatic hydroxyl groups excluding tert-OH is 1. The van der Waals surface area contributed by atoms with E-state index in [4.69, 9.17) is 9.47 Å². The number of carbonyl (C=O) groups is 1. The number of hydrogen-bond acceptors (Lipinski definition) is 4. The lowest BCUT2D eigenvalue weighted by molar-refractivity contribution is -0.227. The topological polar surface area (TPSA) is 55.8 Å². The first-order chi connectivity index (χ1) is 15.2. The van der Waals surface area contributed by atoms with Gasteiger partial charge in [0.1, 0.15) is 12.6 Å². The van der Waals surface area contributed by atoms with Crippen LogP contribution in [0.3, 0.4) is 0 Å². The summed E-state index contributed by atoms with van der Waals surface area (Å²) in [6.45, 7) is 12.0. The van der Waals surface area contributed by atoms with Gasteiger partial charge in [0.15, 0.2) is 0 Å². The van der Waals surface area contributed by atoms with Crippen LogP contribution < -0.4 is 0 Å². The molecule has 4 heteroatoms. The molecule has 1 aromatic rings. The first-order valence-electron chi connectivity index (χ1n) is 12.6. The van der Waals surface area contributed by atoms with E-state index < -0.39 is 6.10 Å². The molecule has 1 unspecified atom stereocenters. The average molecular weight is 443 g/mol. The molecule has 0 saturated heterocycles. The molecular weight excluding hydrogens is 400 g/mol. The first kappa shape index (κ1) is 23.9. The second kappa shape index (κ2) is 8.85. The SMILES string of the molecule is CC[C@@]1(C)C[C@@H](O)[C@@]2(C)C3C(=O)CC[C@@]3(CC[C@H]2C)[C@@H](C)[C@@H]1OCOCc1ccccc1. The van der Waals surface area contributed by atoms with E-state index in [0.717, 1.165) is 31.2 Å². The van der Waals surface area contributed by atoms with Crippen LogP contribution in [0.1, 0.15) is 78.7 Å². The Balaban J connectivity index is 1.62. The number of carbonyl (C=O) groups excluding carboxylic acids is 1. The van der Waals surface area contributed by atoms with Gasteiger partial charge in [-0.2, -0.15) is 0 Å². The number of rotatable bonds is 6. The van der Waals surface area contributed by atoms with Gasteiger partial charge in [0, 0.05) is 17.8 Å². The molecule has 0 aromatic heterocycles. The van der Waals surface area contributed by atoms with Gasteiger partial charge < -0.3 is 14.6 Å². The minimum absolute atomic E-state index is 0.0516. The number of hydrogen-bond donors (Lipinski definition) is 1. The molecule has 4 rings (SSSR count). The van der Waals surface area contributed by atoms with E-state index in [9.17, 15) is 9.90 Å². The minimum atomic E-state index is -0.502. The zero-order valence-electron chi connectivity index (χ0n) is 20.6. The largest absolute Gasteiger partial charge is 0.393 e. The number of Topliss-reactive ketones (excluding diaryl/α,β-unsaturated/α-hetero) is 1. The van der Waals surface area contributed by atoms with Gasteiger partial charge in [-0.1, -0.05) is 65.0 Å². The Morgan fingerprint density at radius 3 is 2.53 bits per heavy atom. The summed E-state index contributed by atoms with van der Waals surface area (Å²) in [6, 6.07) is 10.2. The molecule has 0 spiro atoms. The lowest BCUT2D eigenvalue weighted by Gasteiger charge is -2.62. The monoisotopic (exact) mass is 442 g/mol. The zero-order chi connectivity index (χ0) is 23.1. The van der Waals surface area contributed by atoms with Crippen molar-refractivity contribution in [2.45, 2.75) is 92.0 Å². The van der Waals surface area contributed by atoms with Crippen molar-refractivity contribution in [3.8, 4) is 0 Å². The number of ether oxygens (including phenoxy) is 2. The molecule has 3 aliphatic carbocycles. The molecule has 2 bridgehead atoms. The van der Waals surface area contributed by atoms with Crippen LogP contribution in [0, 0.1) is 34.0 Å². The third kappa shape index (κ3) is 3.67. The van der Waals surface area contributed by atoms with Gasteiger partial charge in [-0.05, 0) is 60.3 Å². The standard InChI is InChI=1S/C28H42O4/c1-6-26(4)16-23(30)27(5)19(2)12-14-28(15-13-22(29)24(27)28)20(3)25(26)32-18-31-17-21-10-8-7-9-11-21/h7-11,19-20,23-25,30H,6,12-18H2,1-5H3/t19-,20+,23-,24?,25+,26+,27+,28+/m1/s1. The van der Waals surface area contributed by atoms with Crippen molar-refractivity contribution in [2.75, 3.05) is 6.79 Å². The van der Waals surface area contributed by atoms with Crippen LogP contribution in [0.15, 0.2) is 30.3 Å². The average Bonchev–Trinajstić information content (AvgIpc) is 3.14. The van der Waals surface area contributed by atoms with Gasteiger partial charge in [-0.15, -0.1) is 0 Å². The third-order valence-electron chi connectivity index (χ3n) is 10.1. The number of benzene rings is 1. The van der Waals surface area contributed by atoms with Crippen LogP contribution in [0.2, 0.25) is 0 Å². The van der Waals surface area contributed by atoms with E-state index in [2.05, 4.69) is 46.8 Å². The highest BCUT2D eigenvalue weighted by atomic mass is 16.7. The fourth-order valence-electron chi connectivity index (χ4n) is 7.75. The second-order valence-corrected chi connectivity index (χ2v) is 11.5. The van der Waals surface area contributed by atoms with E-state index >= 15 is 0 Å². The third-order valence-corrected chi connectivity index (χ3v) is 10.1. The molecule has 178 valence electrons. The fraction of sp³-hybridized carbons (Fsp3) is 0.750. The highest BCUT2D eigenvalue weighted by Crippen LogP contribution is 2.68. The Hall–Kier alpha value is -1.23. The first-order valence-corrected chi connectivity index (χ1v) is 12.6. The summed E-state index contributed by atoms with van der Waals surface area (Å²) in [5.41, 5.74) is 0.523. The molecule has 1 N–H and O–H groups in total. The van der Waals surface area contributed by atoms with Gasteiger partial charge in [0.05, 0.1) is 18.8 Å². The molecule has 3 fully saturated rings. The maximum atomic E-state index is 13.3. The maximum absolute atomic E-state index is 13.3. The van der Waals surface area contributed by atoms with Crippen LogP contribution in [-0.2, 0) is 20.9 Å². The molecule has 3 saturated carbocycles. The number of aliphatic hydroxyl groups is 1. The summed E-state index contributed by atoms with van der Waals surface area (Å²) in [5.74, 6) is 0.881. The molecule has 0 amide bonds. The van der Waals surface area contributed by atoms with Crippen LogP contribution >= 0.6 is 0 Å². The lowest BCUT2D eigenvalue weighted by Crippen LogP contribution is -2.63. The predicted molar refractivity (Wildman–Crippen MR) is 126 cm³/mol. The molecule has 0 radical (unpaired) electrons. The Morgan fingerprint density at radius 2 is 1.84 bits per heavy atom. The van der Waals surface area contributed by atoms with Crippen LogP contribution in [-0.4, -0.2) is 29.9 Å². The van der Waals surface area contributed by atoms with E-state index in [1.165, 1.54) is 0 Å². The molecule has 1 aromatic carbocycles. The number of ketones is 1. The molecule has 32 heavy (non-hydrogen) atoms. The molecule has 4 nitrogen and oxygen atoms in total. The summed E-state index contributed by atoms with van der Waals surface area (Å²) >= 11 is 0. The highest BCUT2D eigenvalue weighted by Gasteiger charge is 2.67. The van der Waals surface area contributed by atoms with Gasteiger partial charge in [-0.3, -0.25) is 4.79 Å². The molecule has 8 atom stereocenters. The Labute approximate surface area is 194 Å². The van der Waals surface area contributed by atoms with E-state index in [0.29, 0.717) is 31.1 Å². The van der Waals surface area contributed by atoms with Crippen molar-refractivity contribution in [2.24, 2.45) is 34.0 Å². The van der Waals surface area contributed by atoms with Gasteiger partial charge in [0.2, 0.25) is 0 Å². The smallest absolute Gasteiger partial charge is 0.147 e. The van der Waals surface area contributed by atoms with Crippen LogP contribution in [0.5, 0.6) is 0 Å². The van der Waals surface area contributed by atoms with Crippen molar-refractivity contribution in [1.29, 1.82) is 0 Å². The fourth-order valence-corrected chi connectivity index (χ4v) is 7.75. The molecular formula is C28H42O4. The second-order valence-electron chi connectivity index (χ2n) is 11.5. The van der Waals surface area contributed by atoms with Gasteiger partial charge >= 0.3 is 0 Å².